The molecule has 11 heteroatoms. The number of fused-ring (bicyclic) bond motifs is 1. The number of ether oxygens (including phenoxy) is 7. The predicted molar refractivity (Wildman–Crippen MR) is 236 cm³/mol. The molecule has 1 fully saturated rings. The van der Waals surface area contributed by atoms with E-state index in [0.717, 1.165) is 38.7 Å². The summed E-state index contributed by atoms with van der Waals surface area (Å²) < 4.78 is 45.5. The van der Waals surface area contributed by atoms with Crippen LogP contribution in [0.25, 0.3) is 10.9 Å². The van der Waals surface area contributed by atoms with Crippen LogP contribution in [0.5, 0.6) is 0 Å². The van der Waals surface area contributed by atoms with Crippen LogP contribution in [0.15, 0.2) is 146 Å². The van der Waals surface area contributed by atoms with Gasteiger partial charge in [-0.25, -0.2) is 9.59 Å². The lowest BCUT2D eigenvalue weighted by Crippen LogP contribution is -2.58. The molecular formula is C51H56N2O9. The Morgan fingerprint density at radius 1 is 0.645 bits per heavy atom. The zero-order valence-corrected chi connectivity index (χ0v) is 35.7. The Bertz CT molecular complexity index is 2300. The van der Waals surface area contributed by atoms with Crippen molar-refractivity contribution in [3.63, 3.8) is 0 Å². The Hall–Kier alpha value is -5.82. The molecule has 2 heterocycles. The molecule has 0 aliphatic carbocycles. The molecule has 11 nitrogen and oxygen atoms in total. The van der Waals surface area contributed by atoms with E-state index in [1.54, 1.807) is 20.8 Å². The van der Waals surface area contributed by atoms with Crippen LogP contribution in [0, 0.1) is 0 Å². The number of carbonyl (C=O) groups is 2. The number of methoxy groups -OCH3 is 1. The summed E-state index contributed by atoms with van der Waals surface area (Å²) in [5.41, 5.74) is 5.38. The van der Waals surface area contributed by atoms with Gasteiger partial charge in [-0.05, 0) is 49.1 Å². The largest absolute Gasteiger partial charge is 0.467 e. The van der Waals surface area contributed by atoms with E-state index in [2.05, 4.69) is 10.3 Å². The van der Waals surface area contributed by atoms with Crippen LogP contribution in [-0.2, 0) is 70.8 Å². The molecule has 1 aromatic heterocycles. The number of alkyl carbamates (subject to hydrolysis) is 1. The van der Waals surface area contributed by atoms with E-state index >= 15 is 0 Å². The first-order chi connectivity index (χ1) is 30.1. The molecule has 0 spiro atoms. The van der Waals surface area contributed by atoms with E-state index in [-0.39, 0.29) is 26.2 Å². The molecule has 1 saturated heterocycles. The highest BCUT2D eigenvalue weighted by atomic mass is 16.6. The molecule has 0 bridgehead atoms. The summed E-state index contributed by atoms with van der Waals surface area (Å²) in [4.78, 5) is 30.1. The monoisotopic (exact) mass is 840 g/mol. The predicted octanol–water partition coefficient (Wildman–Crippen LogP) is 9.19. The first-order valence-corrected chi connectivity index (χ1v) is 21.1. The molecule has 6 atom stereocenters. The molecule has 0 saturated carbocycles. The molecule has 62 heavy (non-hydrogen) atoms. The lowest BCUT2D eigenvalue weighted by Gasteiger charge is -2.46. The van der Waals surface area contributed by atoms with Gasteiger partial charge >= 0.3 is 12.1 Å². The highest BCUT2D eigenvalue weighted by Gasteiger charge is 2.50. The lowest BCUT2D eigenvalue weighted by molar-refractivity contribution is -0.275. The van der Waals surface area contributed by atoms with Crippen LogP contribution >= 0.6 is 0 Å². The van der Waals surface area contributed by atoms with Crippen molar-refractivity contribution in [3.8, 4) is 0 Å². The molecular weight excluding hydrogens is 785 g/mol. The summed E-state index contributed by atoms with van der Waals surface area (Å²) in [6.45, 7) is 6.63. The molecule has 7 rings (SSSR count). The number of aromatic nitrogens is 1. The van der Waals surface area contributed by atoms with E-state index in [0.29, 0.717) is 18.9 Å². The summed E-state index contributed by atoms with van der Waals surface area (Å²) >= 11 is 0. The highest BCUT2D eigenvalue weighted by Crippen LogP contribution is 2.43. The van der Waals surface area contributed by atoms with Crippen molar-refractivity contribution in [1.29, 1.82) is 0 Å². The third kappa shape index (κ3) is 12.0. The van der Waals surface area contributed by atoms with Crippen LogP contribution in [0.1, 0.15) is 60.4 Å². The molecule has 1 aliphatic heterocycles. The summed E-state index contributed by atoms with van der Waals surface area (Å²) in [6.07, 6.45) is -4.25. The molecule has 1 amide bonds. The molecule has 0 radical (unpaired) electrons. The maximum atomic E-state index is 13.4. The average molecular weight is 841 g/mol. The smallest absolute Gasteiger partial charge is 0.408 e. The Morgan fingerprint density at radius 2 is 1.13 bits per heavy atom. The number of hydrogen-bond donors (Lipinski definition) is 2. The van der Waals surface area contributed by atoms with Gasteiger partial charge in [0.05, 0.1) is 40.1 Å². The normalized spacial score (nSPS) is 19.5. The average Bonchev–Trinajstić information content (AvgIpc) is 3.65. The quantitative estimate of drug-likeness (QED) is 0.0815. The third-order valence-corrected chi connectivity index (χ3v) is 10.6. The standard InChI is InChI=1S/C51H56N2O9/c1-51(2,3)62-50(55)53-42(49(54)56-4)29-41-44(39-27-17-18-28-40(39)52-41)46-48(60-33-38-25-15-8-16-26-38)47(59-32-37-23-13-7-14-24-37)45(58-31-36-21-11-6-12-22-36)43(61-46)34-57-30-35-19-9-5-10-20-35/h5-28,42-43,45-48,52H,29-34H2,1-4H3,(H,53,55)/t42-,43+,45+,46+,47-,48-/m0/s1. The minimum Gasteiger partial charge on any atom is -0.467 e. The van der Waals surface area contributed by atoms with Crippen molar-refractivity contribution in [2.24, 2.45) is 0 Å². The second-order valence-corrected chi connectivity index (χ2v) is 16.4. The first kappa shape index (κ1) is 44.2. The Morgan fingerprint density at radius 3 is 1.66 bits per heavy atom. The second kappa shape index (κ2) is 21.3. The van der Waals surface area contributed by atoms with Gasteiger partial charge in [0, 0.05) is 28.6 Å². The SMILES string of the molecule is COC(=O)[C@H](Cc1[nH]c2ccccc2c1[C@H]1O[C@H](COCc2ccccc2)[C@@H](OCc2ccccc2)[C@H](OCc2ccccc2)[C@H]1OCc1ccccc1)NC(=O)OC(C)(C)C. The highest BCUT2D eigenvalue weighted by molar-refractivity contribution is 5.86. The fraction of sp³-hybridized carbons (Fsp3) is 0.333. The zero-order chi connectivity index (χ0) is 43.3. The maximum Gasteiger partial charge on any atom is 0.408 e. The van der Waals surface area contributed by atoms with Gasteiger partial charge in [0.1, 0.15) is 42.2 Å². The zero-order valence-electron chi connectivity index (χ0n) is 35.7. The van der Waals surface area contributed by atoms with Crippen molar-refractivity contribution >= 4 is 23.0 Å². The number of para-hydroxylation sites is 1. The maximum absolute atomic E-state index is 13.4. The van der Waals surface area contributed by atoms with Crippen LogP contribution in [0.3, 0.4) is 0 Å². The fourth-order valence-corrected chi connectivity index (χ4v) is 7.72. The van der Waals surface area contributed by atoms with Gasteiger partial charge in [-0.15, -0.1) is 0 Å². The van der Waals surface area contributed by atoms with Crippen LogP contribution in [-0.4, -0.2) is 66.8 Å². The third-order valence-electron chi connectivity index (χ3n) is 10.6. The molecule has 324 valence electrons. The Balaban J connectivity index is 1.33. The van der Waals surface area contributed by atoms with E-state index in [9.17, 15) is 9.59 Å². The lowest BCUT2D eigenvalue weighted by atomic mass is 9.88. The van der Waals surface area contributed by atoms with Crippen molar-refractivity contribution in [2.45, 2.75) is 95.8 Å². The Labute approximate surface area is 363 Å². The second-order valence-electron chi connectivity index (χ2n) is 16.4. The van der Waals surface area contributed by atoms with Crippen LogP contribution in [0.2, 0.25) is 0 Å². The van der Waals surface area contributed by atoms with Crippen molar-refractivity contribution in [1.82, 2.24) is 10.3 Å². The van der Waals surface area contributed by atoms with Crippen LogP contribution in [0.4, 0.5) is 4.79 Å². The molecule has 6 aromatic rings. The number of rotatable bonds is 18. The number of nitrogens with one attached hydrogen (secondary N) is 2. The van der Waals surface area contributed by atoms with Crippen LogP contribution < -0.4 is 5.32 Å². The summed E-state index contributed by atoms with van der Waals surface area (Å²) in [6, 6.07) is 46.7. The van der Waals surface area contributed by atoms with Crippen molar-refractivity contribution in [2.75, 3.05) is 13.7 Å². The number of benzene rings is 5. The summed E-state index contributed by atoms with van der Waals surface area (Å²) in [7, 11) is 1.29. The van der Waals surface area contributed by atoms with E-state index < -0.39 is 54.2 Å². The van der Waals surface area contributed by atoms with E-state index in [4.69, 9.17) is 33.2 Å². The molecule has 2 N–H and O–H groups in total. The van der Waals surface area contributed by atoms with Gasteiger partial charge in [-0.1, -0.05) is 140 Å². The van der Waals surface area contributed by atoms with Gasteiger partial charge in [0.25, 0.3) is 0 Å². The van der Waals surface area contributed by atoms with Gasteiger partial charge in [-0.3, -0.25) is 0 Å². The van der Waals surface area contributed by atoms with Gasteiger partial charge < -0.3 is 43.5 Å². The van der Waals surface area contributed by atoms with Gasteiger partial charge in [0.2, 0.25) is 0 Å². The number of H-pyrrole nitrogens is 1. The minimum atomic E-state index is -1.11. The van der Waals surface area contributed by atoms with Crippen molar-refractivity contribution in [3.05, 3.63) is 179 Å². The molecule has 0 unspecified atom stereocenters. The van der Waals surface area contributed by atoms with Gasteiger partial charge in [0.15, 0.2) is 0 Å². The fourth-order valence-electron chi connectivity index (χ4n) is 7.72. The van der Waals surface area contributed by atoms with Gasteiger partial charge in [-0.2, -0.15) is 0 Å². The van der Waals surface area contributed by atoms with E-state index in [1.165, 1.54) is 7.11 Å². The number of esters is 1. The number of hydrogen-bond acceptors (Lipinski definition) is 9. The number of aromatic amines is 1. The topological polar surface area (TPSA) is 127 Å². The summed E-state index contributed by atoms with van der Waals surface area (Å²) in [5, 5.41) is 3.61. The summed E-state index contributed by atoms with van der Waals surface area (Å²) in [5.74, 6) is -0.632. The molecule has 1 aliphatic rings. The number of amides is 1. The van der Waals surface area contributed by atoms with E-state index in [1.807, 2.05) is 146 Å². The molecule has 5 aromatic carbocycles. The minimum absolute atomic E-state index is 0.0276. The Kier molecular flexibility index (Phi) is 15.2. The van der Waals surface area contributed by atoms with Crippen molar-refractivity contribution < 1.29 is 42.7 Å². The number of carbonyl (C=O) groups excluding carboxylic acids is 2. The first-order valence-electron chi connectivity index (χ1n) is 21.1.